The van der Waals surface area contributed by atoms with Crippen molar-refractivity contribution in [2.24, 2.45) is 0 Å². The molecule has 1 atom stereocenters. The highest BCUT2D eigenvalue weighted by Crippen LogP contribution is 2.27. The molecule has 0 aliphatic carbocycles. The van der Waals surface area contributed by atoms with Crippen LogP contribution in [0.5, 0.6) is 5.75 Å². The number of halogens is 1. The molecule has 33 heavy (non-hydrogen) atoms. The van der Waals surface area contributed by atoms with Crippen LogP contribution in [0.1, 0.15) is 43.5 Å². The Bertz CT molecular complexity index is 1120. The monoisotopic (exact) mass is 494 g/mol. The van der Waals surface area contributed by atoms with Gasteiger partial charge in [-0.25, -0.2) is 13.2 Å². The zero-order valence-corrected chi connectivity index (χ0v) is 20.1. The van der Waals surface area contributed by atoms with Crippen LogP contribution in [-0.2, 0) is 19.6 Å². The summed E-state index contributed by atoms with van der Waals surface area (Å²) in [5.74, 6) is -0.967. The van der Waals surface area contributed by atoms with Crippen LogP contribution in [0.2, 0.25) is 5.02 Å². The number of hydrogen-bond acceptors (Lipinski definition) is 6. The Hall–Kier alpha value is -2.62. The van der Waals surface area contributed by atoms with Crippen LogP contribution in [0.15, 0.2) is 47.4 Å². The van der Waals surface area contributed by atoms with Crippen LogP contribution < -0.4 is 10.1 Å². The topological polar surface area (TPSA) is 102 Å². The van der Waals surface area contributed by atoms with Crippen molar-refractivity contribution in [3.05, 3.63) is 53.1 Å². The molecule has 1 amide bonds. The largest absolute Gasteiger partial charge is 0.492 e. The molecule has 0 aromatic heterocycles. The molecule has 10 heteroatoms. The first-order chi connectivity index (χ1) is 15.7. The predicted molar refractivity (Wildman–Crippen MR) is 125 cm³/mol. The number of anilines is 1. The van der Waals surface area contributed by atoms with Gasteiger partial charge in [-0.1, -0.05) is 30.2 Å². The number of hydrogen-bond donors (Lipinski definition) is 1. The van der Waals surface area contributed by atoms with E-state index in [9.17, 15) is 18.0 Å². The van der Waals surface area contributed by atoms with Crippen molar-refractivity contribution < 1.29 is 27.5 Å². The van der Waals surface area contributed by atoms with E-state index in [1.54, 1.807) is 24.3 Å². The van der Waals surface area contributed by atoms with E-state index < -0.39 is 28.0 Å². The van der Waals surface area contributed by atoms with Gasteiger partial charge in [0, 0.05) is 13.1 Å². The van der Waals surface area contributed by atoms with Crippen molar-refractivity contribution in [1.82, 2.24) is 4.31 Å². The normalized spacial score (nSPS) is 15.5. The molecule has 8 nitrogen and oxygen atoms in total. The maximum absolute atomic E-state index is 12.9. The summed E-state index contributed by atoms with van der Waals surface area (Å²) in [5.41, 5.74) is 0.323. The summed E-state index contributed by atoms with van der Waals surface area (Å²) >= 11 is 6.15. The summed E-state index contributed by atoms with van der Waals surface area (Å²) in [7, 11) is -3.76. The fourth-order valence-corrected chi connectivity index (χ4v) is 5.18. The van der Waals surface area contributed by atoms with Crippen LogP contribution in [0.4, 0.5) is 5.69 Å². The van der Waals surface area contributed by atoms with Gasteiger partial charge in [0.05, 0.1) is 27.8 Å². The standard InChI is InChI=1S/C23H27ClN2O6S/c1-3-31-21-10-6-5-9-20(21)25-22(27)16(2)32-23(28)18-15-17(11-12-19(18)24)33(29,30)26-13-7-4-8-14-26/h5-6,9-12,15-16H,3-4,7-8,13-14H2,1-2H3,(H,25,27). The fourth-order valence-electron chi connectivity index (χ4n) is 3.44. The van der Waals surface area contributed by atoms with E-state index in [0.717, 1.165) is 19.3 Å². The molecule has 1 saturated heterocycles. The maximum atomic E-state index is 12.9. The van der Waals surface area contributed by atoms with Crippen LogP contribution in [0, 0.1) is 0 Å². The van der Waals surface area contributed by atoms with Gasteiger partial charge in [0.2, 0.25) is 10.0 Å². The summed E-state index contributed by atoms with van der Waals surface area (Å²) in [5, 5.41) is 2.70. The molecule has 1 fully saturated rings. The van der Waals surface area contributed by atoms with Crippen molar-refractivity contribution in [2.75, 3.05) is 25.0 Å². The molecule has 1 aliphatic rings. The van der Waals surface area contributed by atoms with E-state index in [1.807, 2.05) is 6.92 Å². The Morgan fingerprint density at radius 2 is 1.82 bits per heavy atom. The summed E-state index contributed by atoms with van der Waals surface area (Å²) in [4.78, 5) is 25.3. The van der Waals surface area contributed by atoms with Crippen LogP contribution >= 0.6 is 11.6 Å². The molecule has 0 spiro atoms. The zero-order valence-electron chi connectivity index (χ0n) is 18.5. The number of sulfonamides is 1. The van der Waals surface area contributed by atoms with Gasteiger partial charge in [0.1, 0.15) is 5.75 Å². The van der Waals surface area contributed by atoms with Crippen molar-refractivity contribution in [1.29, 1.82) is 0 Å². The number of amides is 1. The van der Waals surface area contributed by atoms with Gasteiger partial charge in [0.25, 0.3) is 5.91 Å². The first kappa shape index (κ1) is 25.0. The summed E-state index contributed by atoms with van der Waals surface area (Å²) in [6, 6.07) is 10.8. The molecule has 1 aliphatic heterocycles. The second-order valence-electron chi connectivity index (χ2n) is 7.57. The first-order valence-electron chi connectivity index (χ1n) is 10.8. The Balaban J connectivity index is 1.73. The Morgan fingerprint density at radius 3 is 2.52 bits per heavy atom. The minimum atomic E-state index is -3.76. The van der Waals surface area contributed by atoms with Crippen LogP contribution in [0.3, 0.4) is 0 Å². The third kappa shape index (κ3) is 6.04. The lowest BCUT2D eigenvalue weighted by atomic mass is 10.2. The number of nitrogens with zero attached hydrogens (tertiary/aromatic N) is 1. The number of benzene rings is 2. The smallest absolute Gasteiger partial charge is 0.340 e. The van der Waals surface area contributed by atoms with E-state index in [4.69, 9.17) is 21.1 Å². The van der Waals surface area contributed by atoms with Gasteiger partial charge in [-0.05, 0) is 57.0 Å². The summed E-state index contributed by atoms with van der Waals surface area (Å²) in [6.45, 7) is 4.54. The highest BCUT2D eigenvalue weighted by atomic mass is 35.5. The molecule has 2 aromatic rings. The average Bonchev–Trinajstić information content (AvgIpc) is 2.81. The number of para-hydroxylation sites is 2. The molecular formula is C23H27ClN2O6S. The lowest BCUT2D eigenvalue weighted by Gasteiger charge is -2.26. The molecule has 1 heterocycles. The number of carbonyl (C=O) groups excluding carboxylic acids is 2. The quantitative estimate of drug-likeness (QED) is 0.554. The number of ether oxygens (including phenoxy) is 2. The van der Waals surface area contributed by atoms with Gasteiger partial charge < -0.3 is 14.8 Å². The second kappa shape index (κ2) is 11.0. The van der Waals surface area contributed by atoms with Crippen molar-refractivity contribution in [2.45, 2.75) is 44.1 Å². The minimum absolute atomic E-state index is 0.0342. The number of piperidine rings is 1. The maximum Gasteiger partial charge on any atom is 0.340 e. The van der Waals surface area contributed by atoms with Crippen molar-refractivity contribution in [3.63, 3.8) is 0 Å². The molecular weight excluding hydrogens is 468 g/mol. The first-order valence-corrected chi connectivity index (χ1v) is 12.6. The Kier molecular flexibility index (Phi) is 8.34. The molecule has 0 bridgehead atoms. The molecule has 1 N–H and O–H groups in total. The third-order valence-corrected chi connectivity index (χ3v) is 7.43. The van der Waals surface area contributed by atoms with Gasteiger partial charge in [-0.2, -0.15) is 4.31 Å². The number of carbonyl (C=O) groups is 2. The predicted octanol–water partition coefficient (Wildman–Crippen LogP) is 4.10. The number of rotatable bonds is 8. The molecule has 1 unspecified atom stereocenters. The van der Waals surface area contributed by atoms with Crippen LogP contribution in [-0.4, -0.2) is 50.4 Å². The van der Waals surface area contributed by atoms with Gasteiger partial charge >= 0.3 is 5.97 Å². The molecule has 0 radical (unpaired) electrons. The lowest BCUT2D eigenvalue weighted by Crippen LogP contribution is -2.35. The summed E-state index contributed by atoms with van der Waals surface area (Å²) < 4.78 is 38.1. The highest BCUT2D eigenvalue weighted by molar-refractivity contribution is 7.89. The van der Waals surface area contributed by atoms with E-state index in [-0.39, 0.29) is 15.5 Å². The van der Waals surface area contributed by atoms with Crippen LogP contribution in [0.25, 0.3) is 0 Å². The third-order valence-electron chi connectivity index (χ3n) is 5.21. The van der Waals surface area contributed by atoms with Gasteiger partial charge in [-0.15, -0.1) is 0 Å². The SMILES string of the molecule is CCOc1ccccc1NC(=O)C(C)OC(=O)c1cc(S(=O)(=O)N2CCCCC2)ccc1Cl. The highest BCUT2D eigenvalue weighted by Gasteiger charge is 2.28. The van der Waals surface area contributed by atoms with Crippen molar-refractivity contribution in [3.8, 4) is 5.75 Å². The minimum Gasteiger partial charge on any atom is -0.492 e. The Labute approximate surface area is 198 Å². The average molecular weight is 495 g/mol. The molecule has 178 valence electrons. The second-order valence-corrected chi connectivity index (χ2v) is 9.92. The fraction of sp³-hybridized carbons (Fsp3) is 0.391. The van der Waals surface area contributed by atoms with Gasteiger partial charge in [0.15, 0.2) is 6.10 Å². The van der Waals surface area contributed by atoms with Gasteiger partial charge in [-0.3, -0.25) is 4.79 Å². The number of esters is 1. The summed E-state index contributed by atoms with van der Waals surface area (Å²) in [6.07, 6.45) is 1.41. The van der Waals surface area contributed by atoms with E-state index in [1.165, 1.54) is 29.4 Å². The zero-order chi connectivity index (χ0) is 24.0. The molecule has 2 aromatic carbocycles. The molecule has 0 saturated carbocycles. The molecule has 3 rings (SSSR count). The Morgan fingerprint density at radius 1 is 1.12 bits per heavy atom. The van der Waals surface area contributed by atoms with E-state index in [2.05, 4.69) is 5.32 Å². The van der Waals surface area contributed by atoms with Crippen molar-refractivity contribution >= 4 is 39.2 Å². The van der Waals surface area contributed by atoms with E-state index in [0.29, 0.717) is 31.1 Å². The van der Waals surface area contributed by atoms with E-state index >= 15 is 0 Å². The lowest BCUT2D eigenvalue weighted by molar-refractivity contribution is -0.123. The number of nitrogens with one attached hydrogen (secondary N) is 1.